The lowest BCUT2D eigenvalue weighted by atomic mass is 9.97. The molecule has 0 saturated carbocycles. The Labute approximate surface area is 121 Å². The van der Waals surface area contributed by atoms with Gasteiger partial charge in [-0.15, -0.1) is 0 Å². The van der Waals surface area contributed by atoms with Crippen molar-refractivity contribution in [2.75, 3.05) is 12.0 Å². The van der Waals surface area contributed by atoms with Crippen LogP contribution in [0.5, 0.6) is 0 Å². The second kappa shape index (κ2) is 5.05. The van der Waals surface area contributed by atoms with Crippen molar-refractivity contribution in [2.24, 2.45) is 0 Å². The summed E-state index contributed by atoms with van der Waals surface area (Å²) in [5.74, 6) is 0.163. The lowest BCUT2D eigenvalue weighted by Crippen LogP contribution is -2.38. The van der Waals surface area contributed by atoms with Crippen molar-refractivity contribution in [3.05, 3.63) is 52.3 Å². The maximum absolute atomic E-state index is 12.2. The average molecular weight is 285 g/mol. The topological polar surface area (TPSA) is 75.3 Å². The number of carbonyl (C=O) groups is 1. The van der Waals surface area contributed by atoms with Crippen molar-refractivity contribution in [3.8, 4) is 0 Å². The third-order valence-electron chi connectivity index (χ3n) is 3.79. The third kappa shape index (κ3) is 2.08. The molecule has 0 aliphatic carbocycles. The van der Waals surface area contributed by atoms with Gasteiger partial charge in [0.2, 0.25) is 0 Å². The summed E-state index contributed by atoms with van der Waals surface area (Å²) < 4.78 is 4.93. The fourth-order valence-corrected chi connectivity index (χ4v) is 2.80. The smallest absolute Gasteiger partial charge is 0.329 e. The average Bonchev–Trinajstić information content (AvgIpc) is 2.81. The molecule has 2 unspecified atom stereocenters. The molecule has 1 aromatic heterocycles. The number of ether oxygens (including phenoxy) is 1. The molecule has 1 N–H and O–H groups in total. The molecule has 2 atom stereocenters. The third-order valence-corrected chi connectivity index (χ3v) is 3.79. The number of nitrogens with zero attached hydrogens (tertiary/aromatic N) is 2. The zero-order valence-corrected chi connectivity index (χ0v) is 11.7. The van der Waals surface area contributed by atoms with E-state index < -0.39 is 6.04 Å². The van der Waals surface area contributed by atoms with E-state index in [1.165, 1.54) is 13.2 Å². The quantitative estimate of drug-likeness (QED) is 0.848. The van der Waals surface area contributed by atoms with Crippen LogP contribution < -0.4 is 10.5 Å². The van der Waals surface area contributed by atoms with Crippen molar-refractivity contribution in [3.63, 3.8) is 0 Å². The molecule has 3 rings (SSSR count). The van der Waals surface area contributed by atoms with Crippen LogP contribution in [0.15, 0.2) is 41.2 Å². The fourth-order valence-electron chi connectivity index (χ4n) is 2.80. The van der Waals surface area contributed by atoms with Gasteiger partial charge in [0.1, 0.15) is 6.04 Å². The number of rotatable bonds is 2. The van der Waals surface area contributed by atoms with Gasteiger partial charge in [0.15, 0.2) is 5.82 Å². The number of fused-ring (bicyclic) bond motifs is 1. The van der Waals surface area contributed by atoms with E-state index in [-0.39, 0.29) is 17.4 Å². The molecule has 1 aliphatic rings. The first kappa shape index (κ1) is 13.4. The van der Waals surface area contributed by atoms with Gasteiger partial charge >= 0.3 is 5.97 Å². The maximum Gasteiger partial charge on any atom is 0.329 e. The minimum absolute atomic E-state index is 0.0256. The molecular formula is C15H15N3O3. The second-order valence-electron chi connectivity index (χ2n) is 4.96. The van der Waals surface area contributed by atoms with E-state index in [1.807, 2.05) is 36.1 Å². The maximum atomic E-state index is 12.2. The minimum Gasteiger partial charge on any atom is -0.467 e. The second-order valence-corrected chi connectivity index (χ2v) is 4.96. The lowest BCUT2D eigenvalue weighted by Gasteiger charge is -2.25. The van der Waals surface area contributed by atoms with E-state index >= 15 is 0 Å². The summed E-state index contributed by atoms with van der Waals surface area (Å²) in [6, 6.07) is 10.3. The number of benzene rings is 1. The van der Waals surface area contributed by atoms with E-state index in [4.69, 9.17) is 4.74 Å². The van der Waals surface area contributed by atoms with E-state index in [1.54, 1.807) is 6.07 Å². The molecule has 0 spiro atoms. The summed E-state index contributed by atoms with van der Waals surface area (Å²) in [4.78, 5) is 25.2. The molecule has 0 fully saturated rings. The summed E-state index contributed by atoms with van der Waals surface area (Å²) >= 11 is 0. The van der Waals surface area contributed by atoms with Gasteiger partial charge in [0.05, 0.1) is 7.11 Å². The Morgan fingerprint density at radius 2 is 2.05 bits per heavy atom. The number of anilines is 2. The Balaban J connectivity index is 2.15. The van der Waals surface area contributed by atoms with Crippen molar-refractivity contribution in [1.29, 1.82) is 0 Å². The van der Waals surface area contributed by atoms with Gasteiger partial charge in [-0.1, -0.05) is 25.1 Å². The number of hydrogen-bond donors (Lipinski definition) is 1. The molecule has 0 radical (unpaired) electrons. The summed E-state index contributed by atoms with van der Waals surface area (Å²) in [5, 5.41) is 6.44. The number of H-pyrrole nitrogens is 1. The van der Waals surface area contributed by atoms with Crippen LogP contribution in [0.25, 0.3) is 0 Å². The van der Waals surface area contributed by atoms with Crippen LogP contribution in [-0.2, 0) is 9.53 Å². The summed E-state index contributed by atoms with van der Waals surface area (Å²) in [6.45, 7) is 1.98. The normalized spacial score (nSPS) is 20.2. The Morgan fingerprint density at radius 1 is 1.29 bits per heavy atom. The van der Waals surface area contributed by atoms with Gasteiger partial charge in [0.25, 0.3) is 5.56 Å². The number of para-hydroxylation sites is 1. The van der Waals surface area contributed by atoms with E-state index in [0.29, 0.717) is 5.82 Å². The number of hydrogen-bond acceptors (Lipinski definition) is 5. The molecular weight excluding hydrogens is 270 g/mol. The van der Waals surface area contributed by atoms with Crippen molar-refractivity contribution in [2.45, 2.75) is 18.9 Å². The first-order valence-electron chi connectivity index (χ1n) is 6.65. The molecule has 2 aromatic rings. The van der Waals surface area contributed by atoms with Gasteiger partial charge in [-0.3, -0.25) is 4.79 Å². The number of nitrogens with one attached hydrogen (secondary N) is 1. The number of carbonyl (C=O) groups excluding carboxylic acids is 1. The zero-order chi connectivity index (χ0) is 15.0. The first-order valence-corrected chi connectivity index (χ1v) is 6.65. The van der Waals surface area contributed by atoms with Crippen LogP contribution in [0.2, 0.25) is 0 Å². The van der Waals surface area contributed by atoms with E-state index in [9.17, 15) is 9.59 Å². The van der Waals surface area contributed by atoms with Gasteiger partial charge < -0.3 is 9.64 Å². The van der Waals surface area contributed by atoms with Crippen LogP contribution >= 0.6 is 0 Å². The Morgan fingerprint density at radius 3 is 2.71 bits per heavy atom. The molecule has 1 aromatic carbocycles. The number of methoxy groups -OCH3 is 1. The predicted octanol–water partition coefficient (Wildman–Crippen LogP) is 1.57. The minimum atomic E-state index is -0.495. The Bertz CT molecular complexity index is 720. The fraction of sp³-hybridized carbons (Fsp3) is 0.267. The van der Waals surface area contributed by atoms with E-state index in [0.717, 1.165) is 11.3 Å². The van der Waals surface area contributed by atoms with Crippen LogP contribution in [0.1, 0.15) is 18.4 Å². The van der Waals surface area contributed by atoms with Crippen LogP contribution in [-0.4, -0.2) is 29.3 Å². The Hall–Kier alpha value is -2.63. The SMILES string of the molecule is COC(=O)C1C(C)c2ccccc2N1c1ccc(=O)[nH]n1. The van der Waals surface area contributed by atoms with E-state index in [2.05, 4.69) is 10.2 Å². The molecule has 2 heterocycles. The molecule has 0 saturated heterocycles. The largest absolute Gasteiger partial charge is 0.467 e. The summed E-state index contributed by atoms with van der Waals surface area (Å²) in [7, 11) is 1.37. The number of aromatic amines is 1. The van der Waals surface area contributed by atoms with Gasteiger partial charge in [-0.2, -0.15) is 5.10 Å². The molecule has 21 heavy (non-hydrogen) atoms. The summed E-state index contributed by atoms with van der Waals surface area (Å²) in [5.41, 5.74) is 1.68. The van der Waals surface area contributed by atoms with Crippen molar-refractivity contribution >= 4 is 17.5 Å². The molecule has 6 heteroatoms. The Kier molecular flexibility index (Phi) is 3.21. The van der Waals surface area contributed by atoms with Crippen molar-refractivity contribution in [1.82, 2.24) is 10.2 Å². The van der Waals surface area contributed by atoms with Gasteiger partial charge in [0, 0.05) is 17.7 Å². The molecule has 0 amide bonds. The zero-order valence-electron chi connectivity index (χ0n) is 11.7. The number of aromatic nitrogens is 2. The molecule has 6 nitrogen and oxygen atoms in total. The lowest BCUT2D eigenvalue weighted by molar-refractivity contribution is -0.142. The van der Waals surface area contributed by atoms with Gasteiger partial charge in [-0.25, -0.2) is 9.89 Å². The first-order chi connectivity index (χ1) is 10.1. The van der Waals surface area contributed by atoms with Crippen LogP contribution in [0.4, 0.5) is 11.5 Å². The van der Waals surface area contributed by atoms with Crippen LogP contribution in [0.3, 0.4) is 0 Å². The highest BCUT2D eigenvalue weighted by atomic mass is 16.5. The number of esters is 1. The highest BCUT2D eigenvalue weighted by Crippen LogP contribution is 2.44. The molecule has 1 aliphatic heterocycles. The van der Waals surface area contributed by atoms with Crippen molar-refractivity contribution < 1.29 is 9.53 Å². The predicted molar refractivity (Wildman–Crippen MR) is 77.7 cm³/mol. The summed E-state index contributed by atoms with van der Waals surface area (Å²) in [6.07, 6.45) is 0. The van der Waals surface area contributed by atoms with Gasteiger partial charge in [-0.05, 0) is 17.7 Å². The molecule has 0 bridgehead atoms. The molecule has 108 valence electrons. The monoisotopic (exact) mass is 285 g/mol. The highest BCUT2D eigenvalue weighted by Gasteiger charge is 2.42. The standard InChI is InChI=1S/C15H15N3O3/c1-9-10-5-3-4-6-11(10)18(14(9)15(20)21-2)12-7-8-13(19)17-16-12/h3-9,14H,1-2H3,(H,17,19). The van der Waals surface area contributed by atoms with Crippen LogP contribution in [0, 0.1) is 0 Å². The highest BCUT2D eigenvalue weighted by molar-refractivity contribution is 5.88.